The van der Waals surface area contributed by atoms with E-state index >= 15 is 0 Å². The Labute approximate surface area is 174 Å². The number of piperazine rings is 1. The average Bonchev–Trinajstić information content (AvgIpc) is 3.56. The highest BCUT2D eigenvalue weighted by Gasteiger charge is 2.01. The lowest BCUT2D eigenvalue weighted by molar-refractivity contribution is 0.534. The largest absolute Gasteiger partial charge is 0.355 e. The molecule has 0 amide bonds. The second-order valence-electron chi connectivity index (χ2n) is 7.41. The quantitative estimate of drug-likeness (QED) is 0.321. The maximum atomic E-state index is 4.63. The highest BCUT2D eigenvalue weighted by Crippen LogP contribution is 2.16. The Hall–Kier alpha value is -3.48. The molecule has 0 radical (unpaired) electrons. The number of hydrogen-bond acceptors (Lipinski definition) is 4. The first-order valence-electron chi connectivity index (χ1n) is 10.3. The monoisotopic (exact) mass is 396 g/mol. The fourth-order valence-electron chi connectivity index (χ4n) is 3.55. The van der Waals surface area contributed by atoms with Gasteiger partial charge in [-0.2, -0.15) is 0 Å². The van der Waals surface area contributed by atoms with E-state index in [-0.39, 0.29) is 0 Å². The second kappa shape index (κ2) is 8.49. The first-order valence-corrected chi connectivity index (χ1v) is 10.3. The van der Waals surface area contributed by atoms with Gasteiger partial charge in [-0.05, 0) is 72.8 Å². The van der Waals surface area contributed by atoms with Crippen LogP contribution in [0.4, 0.5) is 0 Å². The second-order valence-corrected chi connectivity index (χ2v) is 7.41. The van der Waals surface area contributed by atoms with Gasteiger partial charge in [-0.1, -0.05) is 0 Å². The number of aromatic amines is 2. The SMILES string of the molecule is C1=Cc2cc3ccc(cc4nc(cc5ccc(cc1n2)[nH]5)C=C4)[nH]3.C1CNCCN1. The standard InChI is InChI=1S/C20H14N4.C4H10N2/c1-2-14-10-16-5-6-18(23-16)12-20-8-7-19(24-20)11-17-4-3-15(22-17)9-13(1)21-14;1-2-6-4-3-5-1/h1-12,21,24H;5-6H,1-4H2. The molecule has 3 aliphatic rings. The van der Waals surface area contributed by atoms with E-state index < -0.39 is 0 Å². The molecule has 3 aliphatic heterocycles. The predicted octanol–water partition coefficient (Wildman–Crippen LogP) is 3.83. The minimum Gasteiger partial charge on any atom is -0.355 e. The van der Waals surface area contributed by atoms with Crippen molar-refractivity contribution in [2.75, 3.05) is 26.2 Å². The number of H-pyrrole nitrogens is 2. The predicted molar refractivity (Wildman–Crippen MR) is 125 cm³/mol. The molecule has 0 aromatic carbocycles. The van der Waals surface area contributed by atoms with Crippen molar-refractivity contribution in [3.63, 3.8) is 0 Å². The summed E-state index contributed by atoms with van der Waals surface area (Å²) in [7, 11) is 0. The van der Waals surface area contributed by atoms with Crippen LogP contribution in [0.15, 0.2) is 48.5 Å². The molecule has 0 aliphatic carbocycles. The molecule has 0 spiro atoms. The summed E-state index contributed by atoms with van der Waals surface area (Å²) in [5.41, 5.74) is 7.86. The highest BCUT2D eigenvalue weighted by atomic mass is 15.0. The van der Waals surface area contributed by atoms with E-state index in [9.17, 15) is 0 Å². The van der Waals surface area contributed by atoms with Gasteiger partial charge in [-0.15, -0.1) is 0 Å². The summed E-state index contributed by atoms with van der Waals surface area (Å²) >= 11 is 0. The van der Waals surface area contributed by atoms with Gasteiger partial charge in [0.25, 0.3) is 0 Å². The minimum absolute atomic E-state index is 0.939. The third-order valence-corrected chi connectivity index (χ3v) is 5.00. The molecule has 1 saturated heterocycles. The third kappa shape index (κ3) is 4.56. The zero-order valence-corrected chi connectivity index (χ0v) is 16.7. The van der Waals surface area contributed by atoms with E-state index in [4.69, 9.17) is 0 Å². The zero-order valence-electron chi connectivity index (χ0n) is 16.7. The Bertz CT molecular complexity index is 1070. The van der Waals surface area contributed by atoms with Gasteiger partial charge in [0.1, 0.15) is 0 Å². The number of hydrogen-bond donors (Lipinski definition) is 4. The smallest absolute Gasteiger partial charge is 0.0658 e. The lowest BCUT2D eigenvalue weighted by atomic mass is 10.3. The summed E-state index contributed by atoms with van der Waals surface area (Å²) < 4.78 is 0. The van der Waals surface area contributed by atoms with Crippen LogP contribution < -0.4 is 10.6 Å². The number of nitrogens with zero attached hydrogens (tertiary/aromatic N) is 2. The molecule has 150 valence electrons. The molecule has 6 rings (SSSR count). The third-order valence-electron chi connectivity index (χ3n) is 5.00. The van der Waals surface area contributed by atoms with Gasteiger partial charge >= 0.3 is 0 Å². The van der Waals surface area contributed by atoms with Crippen LogP contribution in [0.1, 0.15) is 22.8 Å². The van der Waals surface area contributed by atoms with Crippen molar-refractivity contribution in [2.24, 2.45) is 0 Å². The van der Waals surface area contributed by atoms with Crippen molar-refractivity contribution >= 4 is 46.4 Å². The first kappa shape index (κ1) is 18.5. The van der Waals surface area contributed by atoms with Crippen molar-refractivity contribution < 1.29 is 0 Å². The van der Waals surface area contributed by atoms with Crippen LogP contribution in [0.3, 0.4) is 0 Å². The van der Waals surface area contributed by atoms with E-state index in [0.717, 1.165) is 71.0 Å². The maximum absolute atomic E-state index is 4.63. The molecular formula is C24H24N6. The van der Waals surface area contributed by atoms with Gasteiger partial charge < -0.3 is 20.6 Å². The van der Waals surface area contributed by atoms with E-state index in [1.54, 1.807) is 0 Å². The summed E-state index contributed by atoms with van der Waals surface area (Å²) in [6.07, 6.45) is 8.09. The molecule has 3 aromatic heterocycles. The van der Waals surface area contributed by atoms with Gasteiger partial charge in [-0.25, -0.2) is 9.97 Å². The Morgan fingerprint density at radius 2 is 0.767 bits per heavy atom. The summed E-state index contributed by atoms with van der Waals surface area (Å²) in [6, 6.07) is 16.4. The Morgan fingerprint density at radius 3 is 1.03 bits per heavy atom. The molecule has 6 nitrogen and oxygen atoms in total. The van der Waals surface area contributed by atoms with Crippen molar-refractivity contribution in [1.82, 2.24) is 30.6 Å². The Kier molecular flexibility index (Phi) is 5.25. The molecule has 1 fully saturated rings. The normalized spacial score (nSPS) is 14.9. The lowest BCUT2D eigenvalue weighted by Crippen LogP contribution is -2.39. The van der Waals surface area contributed by atoms with E-state index in [1.165, 1.54) is 0 Å². The number of nitrogens with one attached hydrogen (secondary N) is 4. The van der Waals surface area contributed by atoms with E-state index in [0.29, 0.717) is 0 Å². The fraction of sp³-hybridized carbons (Fsp3) is 0.167. The molecule has 30 heavy (non-hydrogen) atoms. The van der Waals surface area contributed by atoms with Gasteiger partial charge in [0, 0.05) is 48.2 Å². The highest BCUT2D eigenvalue weighted by molar-refractivity contribution is 5.77. The number of aromatic nitrogens is 4. The molecule has 4 N–H and O–H groups in total. The Morgan fingerprint density at radius 1 is 0.467 bits per heavy atom. The summed E-state index contributed by atoms with van der Waals surface area (Å²) in [6.45, 7) is 4.56. The minimum atomic E-state index is 0.939. The molecule has 0 atom stereocenters. The van der Waals surface area contributed by atoms with Crippen LogP contribution in [0.5, 0.6) is 0 Å². The van der Waals surface area contributed by atoms with Crippen molar-refractivity contribution in [1.29, 1.82) is 0 Å². The number of rotatable bonds is 0. The molecule has 8 bridgehead atoms. The van der Waals surface area contributed by atoms with Gasteiger partial charge in [0.2, 0.25) is 0 Å². The Balaban J connectivity index is 0.000000279. The maximum Gasteiger partial charge on any atom is 0.0658 e. The average molecular weight is 396 g/mol. The van der Waals surface area contributed by atoms with E-state index in [2.05, 4.69) is 54.8 Å². The molecule has 0 saturated carbocycles. The number of fused-ring (bicyclic) bond motifs is 8. The first-order chi connectivity index (χ1) is 14.8. The molecule has 6 heterocycles. The van der Waals surface area contributed by atoms with Crippen LogP contribution in [-0.2, 0) is 0 Å². The zero-order chi connectivity index (χ0) is 20.2. The van der Waals surface area contributed by atoms with Crippen molar-refractivity contribution in [3.05, 3.63) is 71.3 Å². The fourth-order valence-corrected chi connectivity index (χ4v) is 3.55. The van der Waals surface area contributed by atoms with Crippen molar-refractivity contribution in [3.8, 4) is 0 Å². The molecule has 6 heteroatoms. The van der Waals surface area contributed by atoms with Gasteiger partial charge in [-0.3, -0.25) is 0 Å². The van der Waals surface area contributed by atoms with Crippen LogP contribution >= 0.6 is 0 Å². The van der Waals surface area contributed by atoms with Crippen LogP contribution in [0.25, 0.3) is 46.4 Å². The molecular weight excluding hydrogens is 372 g/mol. The summed E-state index contributed by atoms with van der Waals surface area (Å²) in [5.74, 6) is 0. The van der Waals surface area contributed by atoms with Gasteiger partial charge in [0.05, 0.1) is 22.8 Å². The molecule has 3 aromatic rings. The van der Waals surface area contributed by atoms with Crippen molar-refractivity contribution in [2.45, 2.75) is 0 Å². The van der Waals surface area contributed by atoms with Crippen LogP contribution in [0, 0.1) is 0 Å². The van der Waals surface area contributed by atoms with E-state index in [1.807, 2.05) is 48.6 Å². The van der Waals surface area contributed by atoms with Crippen LogP contribution in [-0.4, -0.2) is 46.1 Å². The molecule has 0 unspecified atom stereocenters. The van der Waals surface area contributed by atoms with Crippen LogP contribution in [0.2, 0.25) is 0 Å². The lowest BCUT2D eigenvalue weighted by Gasteiger charge is -2.11. The van der Waals surface area contributed by atoms with Gasteiger partial charge in [0.15, 0.2) is 0 Å². The topological polar surface area (TPSA) is 81.4 Å². The summed E-state index contributed by atoms with van der Waals surface area (Å²) in [5, 5.41) is 6.44. The summed E-state index contributed by atoms with van der Waals surface area (Å²) in [4.78, 5) is 16.0.